The normalized spacial score (nSPS) is 16.3. The Kier molecular flexibility index (Phi) is 5.66. The van der Waals surface area contributed by atoms with Crippen LogP contribution in [0.2, 0.25) is 0 Å². The first-order valence-electron chi connectivity index (χ1n) is 7.35. The Bertz CT molecular complexity index is 574. The number of allylic oxidation sites excluding steroid dienone is 1. The lowest BCUT2D eigenvalue weighted by Gasteiger charge is -2.25. The van der Waals surface area contributed by atoms with E-state index in [9.17, 15) is 9.90 Å². The number of aromatic nitrogens is 1. The first-order valence-corrected chi connectivity index (χ1v) is 7.35. The van der Waals surface area contributed by atoms with Crippen LogP contribution in [0.5, 0.6) is 0 Å². The van der Waals surface area contributed by atoms with Crippen LogP contribution >= 0.6 is 0 Å². The van der Waals surface area contributed by atoms with Crippen LogP contribution in [0, 0.1) is 5.92 Å². The van der Waals surface area contributed by atoms with Crippen LogP contribution in [0.3, 0.4) is 0 Å². The Balaban J connectivity index is 2.20. The fourth-order valence-electron chi connectivity index (χ4n) is 2.06. The highest BCUT2D eigenvalue weighted by atomic mass is 16.5. The lowest BCUT2D eigenvalue weighted by atomic mass is 9.82. The average Bonchev–Trinajstić information content (AvgIpc) is 2.46. The third-order valence-electron chi connectivity index (χ3n) is 3.58. The monoisotopic (exact) mass is 304 g/mol. The number of aliphatic hydroxyl groups excluding tert-OH is 2. The summed E-state index contributed by atoms with van der Waals surface area (Å²) in [6.07, 6.45) is 5.60. The van der Waals surface area contributed by atoms with E-state index in [2.05, 4.69) is 9.98 Å². The number of pyridine rings is 1. The minimum atomic E-state index is -0.574. The molecule has 0 aliphatic heterocycles. The molecule has 1 aromatic heterocycles. The number of aliphatic hydroxyl groups is 2. The third-order valence-corrected chi connectivity index (χ3v) is 3.58. The zero-order chi connectivity index (χ0) is 15.9. The summed E-state index contributed by atoms with van der Waals surface area (Å²) in [6, 6.07) is 3.32. The van der Waals surface area contributed by atoms with Gasteiger partial charge in [0.25, 0.3) is 0 Å². The van der Waals surface area contributed by atoms with Gasteiger partial charge in [-0.15, -0.1) is 0 Å². The maximum Gasteiger partial charge on any atom is 0.343 e. The summed E-state index contributed by atoms with van der Waals surface area (Å²) < 4.78 is 4.97. The van der Waals surface area contributed by atoms with Gasteiger partial charge in [0.1, 0.15) is 11.3 Å². The summed E-state index contributed by atoms with van der Waals surface area (Å²) in [4.78, 5) is 20.1. The quantitative estimate of drug-likeness (QED) is 0.364. The molecule has 118 valence electrons. The van der Waals surface area contributed by atoms with Crippen molar-refractivity contribution in [2.45, 2.75) is 32.8 Å². The molecule has 0 spiro atoms. The van der Waals surface area contributed by atoms with Gasteiger partial charge in [-0.3, -0.25) is 9.98 Å². The van der Waals surface area contributed by atoms with Crippen LogP contribution in [0.4, 0.5) is 5.69 Å². The van der Waals surface area contributed by atoms with E-state index in [-0.39, 0.29) is 30.5 Å². The number of carbonyl (C=O) groups excluding carboxylic acids is 1. The van der Waals surface area contributed by atoms with E-state index in [4.69, 9.17) is 9.84 Å². The Morgan fingerprint density at radius 3 is 2.77 bits per heavy atom. The maximum atomic E-state index is 12.0. The van der Waals surface area contributed by atoms with Crippen LogP contribution in [0.1, 0.15) is 31.9 Å². The molecule has 1 fully saturated rings. The zero-order valence-corrected chi connectivity index (χ0v) is 12.5. The van der Waals surface area contributed by atoms with E-state index in [0.29, 0.717) is 11.4 Å². The molecule has 0 aromatic carbocycles. The fraction of sp³-hybridized carbons (Fsp3) is 0.438. The Morgan fingerprint density at radius 2 is 2.27 bits per heavy atom. The summed E-state index contributed by atoms with van der Waals surface area (Å²) in [6.45, 7) is 1.81. The molecule has 0 bridgehead atoms. The topological polar surface area (TPSA) is 92.0 Å². The molecule has 2 rings (SSSR count). The molecule has 6 nitrogen and oxygen atoms in total. The predicted molar refractivity (Wildman–Crippen MR) is 81.9 cm³/mol. The minimum Gasteiger partial charge on any atom is -0.511 e. The van der Waals surface area contributed by atoms with Crippen molar-refractivity contribution in [3.05, 3.63) is 35.4 Å². The fourth-order valence-corrected chi connectivity index (χ4v) is 2.06. The minimum absolute atomic E-state index is 0.0146. The molecule has 1 heterocycles. The molecular weight excluding hydrogens is 284 g/mol. The molecule has 22 heavy (non-hydrogen) atoms. The van der Waals surface area contributed by atoms with E-state index in [1.807, 2.05) is 0 Å². The SMILES string of the molecule is CCOC(=O)C(C=Nc1ccc(CO)nc1)=C(O)C1CCC1. The van der Waals surface area contributed by atoms with Crippen molar-refractivity contribution in [2.24, 2.45) is 10.9 Å². The van der Waals surface area contributed by atoms with Crippen molar-refractivity contribution in [3.8, 4) is 0 Å². The number of rotatable bonds is 6. The highest BCUT2D eigenvalue weighted by Gasteiger charge is 2.27. The number of hydrogen-bond donors (Lipinski definition) is 2. The van der Waals surface area contributed by atoms with E-state index < -0.39 is 5.97 Å². The number of aliphatic imine (C=N–C) groups is 1. The first kappa shape index (κ1) is 16.2. The number of esters is 1. The van der Waals surface area contributed by atoms with Gasteiger partial charge in [-0.1, -0.05) is 6.42 Å². The molecule has 1 aromatic rings. The number of nitrogens with zero attached hydrogens (tertiary/aromatic N) is 2. The predicted octanol–water partition coefficient (Wildman–Crippen LogP) is 2.45. The van der Waals surface area contributed by atoms with Gasteiger partial charge in [0.15, 0.2) is 0 Å². The van der Waals surface area contributed by atoms with Gasteiger partial charge in [-0.05, 0) is 31.9 Å². The van der Waals surface area contributed by atoms with Gasteiger partial charge >= 0.3 is 5.97 Å². The van der Waals surface area contributed by atoms with Gasteiger partial charge < -0.3 is 14.9 Å². The first-order chi connectivity index (χ1) is 10.7. The lowest BCUT2D eigenvalue weighted by Crippen LogP contribution is -2.20. The summed E-state index contributed by atoms with van der Waals surface area (Å²) in [5.41, 5.74) is 1.16. The second kappa shape index (κ2) is 7.70. The van der Waals surface area contributed by atoms with Crippen molar-refractivity contribution in [3.63, 3.8) is 0 Å². The summed E-state index contributed by atoms with van der Waals surface area (Å²) in [5, 5.41) is 19.2. The Hall–Kier alpha value is -2.21. The van der Waals surface area contributed by atoms with Gasteiger partial charge in [-0.2, -0.15) is 0 Å². The molecular formula is C16H20N2O4. The van der Waals surface area contributed by atoms with E-state index in [0.717, 1.165) is 19.3 Å². The second-order valence-corrected chi connectivity index (χ2v) is 5.07. The van der Waals surface area contributed by atoms with Crippen molar-refractivity contribution >= 4 is 17.9 Å². The van der Waals surface area contributed by atoms with Gasteiger partial charge in [0.2, 0.25) is 0 Å². The Morgan fingerprint density at radius 1 is 1.50 bits per heavy atom. The van der Waals surface area contributed by atoms with Crippen molar-refractivity contribution in [1.82, 2.24) is 4.98 Å². The van der Waals surface area contributed by atoms with Gasteiger partial charge in [0, 0.05) is 12.1 Å². The van der Waals surface area contributed by atoms with Crippen molar-refractivity contribution in [2.75, 3.05) is 6.61 Å². The van der Waals surface area contributed by atoms with E-state index in [1.54, 1.807) is 19.1 Å². The molecule has 1 saturated carbocycles. The smallest absolute Gasteiger partial charge is 0.343 e. The second-order valence-electron chi connectivity index (χ2n) is 5.07. The molecule has 0 unspecified atom stereocenters. The number of ether oxygens (including phenoxy) is 1. The van der Waals surface area contributed by atoms with Crippen LogP contribution in [0.25, 0.3) is 0 Å². The molecule has 1 aliphatic rings. The largest absolute Gasteiger partial charge is 0.511 e. The molecule has 0 radical (unpaired) electrons. The van der Waals surface area contributed by atoms with Crippen molar-refractivity contribution < 1.29 is 19.7 Å². The molecule has 2 N–H and O–H groups in total. The van der Waals surface area contributed by atoms with Gasteiger partial charge in [0.05, 0.1) is 30.8 Å². The Labute approximate surface area is 129 Å². The molecule has 0 saturated heterocycles. The molecule has 0 atom stereocenters. The van der Waals surface area contributed by atoms with Gasteiger partial charge in [-0.25, -0.2) is 4.79 Å². The van der Waals surface area contributed by atoms with Crippen LogP contribution < -0.4 is 0 Å². The van der Waals surface area contributed by atoms with Crippen LogP contribution in [-0.2, 0) is 16.1 Å². The molecule has 6 heteroatoms. The summed E-state index contributed by atoms with van der Waals surface area (Å²) in [7, 11) is 0. The van der Waals surface area contributed by atoms with Crippen molar-refractivity contribution in [1.29, 1.82) is 0 Å². The lowest BCUT2D eigenvalue weighted by molar-refractivity contribution is -0.138. The third kappa shape index (κ3) is 3.92. The van der Waals surface area contributed by atoms with Crippen LogP contribution in [-0.4, -0.2) is 34.0 Å². The zero-order valence-electron chi connectivity index (χ0n) is 12.5. The maximum absolute atomic E-state index is 12.0. The molecule has 1 aliphatic carbocycles. The standard InChI is InChI=1S/C16H20N2O4/c1-2-22-16(21)14(15(20)11-4-3-5-11)9-18-12-6-7-13(10-19)17-8-12/h6-9,11,19-20H,2-5,10H2,1H3. The molecule has 0 amide bonds. The highest BCUT2D eigenvalue weighted by Crippen LogP contribution is 2.33. The summed E-state index contributed by atoms with van der Waals surface area (Å²) in [5.74, 6) is -0.510. The summed E-state index contributed by atoms with van der Waals surface area (Å²) >= 11 is 0. The number of hydrogen-bond acceptors (Lipinski definition) is 6. The number of carbonyl (C=O) groups is 1. The van der Waals surface area contributed by atoms with E-state index in [1.165, 1.54) is 12.4 Å². The highest BCUT2D eigenvalue weighted by molar-refractivity contribution is 6.10. The average molecular weight is 304 g/mol. The van der Waals surface area contributed by atoms with E-state index >= 15 is 0 Å². The van der Waals surface area contributed by atoms with Crippen LogP contribution in [0.15, 0.2) is 34.7 Å².